The summed E-state index contributed by atoms with van der Waals surface area (Å²) in [6, 6.07) is 3.16. The molecular weight excluding hydrogens is 327 g/mol. The highest BCUT2D eigenvalue weighted by Gasteiger charge is 2.16. The Morgan fingerprint density at radius 3 is 2.33 bits per heavy atom. The Labute approximate surface area is 115 Å². The van der Waals surface area contributed by atoms with Crippen molar-refractivity contribution in [1.29, 1.82) is 0 Å². The Morgan fingerprint density at radius 1 is 1.22 bits per heavy atom. The Bertz CT molecular complexity index is 547. The minimum Gasteiger partial charge on any atom is -0.324 e. The van der Waals surface area contributed by atoms with Gasteiger partial charge in [0.15, 0.2) is 17.5 Å². The number of hydrogen-bond acceptors (Lipinski definition) is 2. The molecule has 2 rings (SSSR count). The molecule has 0 amide bonds. The number of thiophene rings is 1. The van der Waals surface area contributed by atoms with Crippen LogP contribution in [0.2, 0.25) is 0 Å². The molecule has 0 radical (unpaired) electrons. The summed E-state index contributed by atoms with van der Waals surface area (Å²) in [5.41, 5.74) is 6.12. The van der Waals surface area contributed by atoms with E-state index in [1.807, 2.05) is 11.4 Å². The molecule has 1 nitrogen and oxygen atoms in total. The van der Waals surface area contributed by atoms with E-state index >= 15 is 0 Å². The Kier molecular flexibility index (Phi) is 4.09. The second kappa shape index (κ2) is 5.42. The van der Waals surface area contributed by atoms with E-state index in [0.29, 0.717) is 6.42 Å². The summed E-state index contributed by atoms with van der Waals surface area (Å²) in [5, 5.41) is 1.89. The zero-order valence-electron chi connectivity index (χ0n) is 9.09. The molecule has 2 aromatic rings. The summed E-state index contributed by atoms with van der Waals surface area (Å²) in [6.45, 7) is 0. The van der Waals surface area contributed by atoms with Gasteiger partial charge >= 0.3 is 0 Å². The molecule has 1 heterocycles. The lowest BCUT2D eigenvalue weighted by Crippen LogP contribution is -2.14. The molecule has 0 fully saturated rings. The molecule has 18 heavy (non-hydrogen) atoms. The molecule has 0 saturated carbocycles. The van der Waals surface area contributed by atoms with Crippen LogP contribution in [0.25, 0.3) is 0 Å². The fourth-order valence-corrected chi connectivity index (χ4v) is 3.15. The second-order valence-electron chi connectivity index (χ2n) is 3.80. The highest BCUT2D eigenvalue weighted by Crippen LogP contribution is 2.28. The lowest BCUT2D eigenvalue weighted by molar-refractivity contribution is 0.443. The first-order chi connectivity index (χ1) is 8.49. The van der Waals surface area contributed by atoms with Crippen LogP contribution >= 0.6 is 27.3 Å². The van der Waals surface area contributed by atoms with E-state index in [4.69, 9.17) is 5.73 Å². The molecule has 1 aromatic carbocycles. The molecule has 0 aliphatic carbocycles. The van der Waals surface area contributed by atoms with E-state index in [0.717, 1.165) is 21.5 Å². The largest absolute Gasteiger partial charge is 0.324 e. The van der Waals surface area contributed by atoms with Gasteiger partial charge in [-0.15, -0.1) is 11.3 Å². The normalized spacial score (nSPS) is 12.7. The van der Waals surface area contributed by atoms with Crippen LogP contribution < -0.4 is 5.73 Å². The van der Waals surface area contributed by atoms with Crippen molar-refractivity contribution in [2.24, 2.45) is 5.73 Å². The van der Waals surface area contributed by atoms with Crippen molar-refractivity contribution in [2.75, 3.05) is 0 Å². The molecule has 1 atom stereocenters. The third kappa shape index (κ3) is 2.76. The van der Waals surface area contributed by atoms with Crippen LogP contribution in [0.5, 0.6) is 0 Å². The second-order valence-corrected chi connectivity index (χ2v) is 5.66. The van der Waals surface area contributed by atoms with E-state index in [9.17, 15) is 13.2 Å². The molecular formula is C12H9BrF3NS. The van der Waals surface area contributed by atoms with Gasteiger partial charge in [-0.3, -0.25) is 0 Å². The molecule has 6 heteroatoms. The van der Waals surface area contributed by atoms with Crippen LogP contribution in [0.1, 0.15) is 16.5 Å². The van der Waals surface area contributed by atoms with Crippen LogP contribution in [0.4, 0.5) is 13.2 Å². The van der Waals surface area contributed by atoms with Gasteiger partial charge in [0, 0.05) is 21.8 Å². The highest BCUT2D eigenvalue weighted by atomic mass is 79.9. The van der Waals surface area contributed by atoms with Gasteiger partial charge in [-0.1, -0.05) is 0 Å². The maximum absolute atomic E-state index is 13.1. The average Bonchev–Trinajstić information content (AvgIpc) is 2.71. The summed E-state index contributed by atoms with van der Waals surface area (Å²) >= 11 is 4.85. The van der Waals surface area contributed by atoms with Crippen LogP contribution in [0.15, 0.2) is 28.1 Å². The van der Waals surface area contributed by atoms with Gasteiger partial charge in [0.25, 0.3) is 0 Å². The maximum Gasteiger partial charge on any atom is 0.194 e. The summed E-state index contributed by atoms with van der Waals surface area (Å²) in [7, 11) is 0. The quantitative estimate of drug-likeness (QED) is 0.837. The smallest absolute Gasteiger partial charge is 0.194 e. The van der Waals surface area contributed by atoms with Crippen molar-refractivity contribution in [2.45, 2.75) is 12.5 Å². The highest BCUT2D eigenvalue weighted by molar-refractivity contribution is 9.10. The summed E-state index contributed by atoms with van der Waals surface area (Å²) < 4.78 is 39.9. The molecule has 1 aromatic heterocycles. The molecule has 0 aliphatic heterocycles. The fourth-order valence-electron chi connectivity index (χ4n) is 1.58. The van der Waals surface area contributed by atoms with Gasteiger partial charge in [-0.05, 0) is 45.1 Å². The van der Waals surface area contributed by atoms with Gasteiger partial charge in [0.05, 0.1) is 0 Å². The van der Waals surface area contributed by atoms with Gasteiger partial charge in [0.2, 0.25) is 0 Å². The fraction of sp³-hybridized carbons (Fsp3) is 0.167. The molecule has 0 spiro atoms. The zero-order valence-corrected chi connectivity index (χ0v) is 11.5. The van der Waals surface area contributed by atoms with Crippen LogP contribution in [0.3, 0.4) is 0 Å². The third-order valence-electron chi connectivity index (χ3n) is 2.53. The molecule has 2 N–H and O–H groups in total. The minimum atomic E-state index is -1.47. The Hall–Kier alpha value is -0.850. The molecule has 0 bridgehead atoms. The first-order valence-electron chi connectivity index (χ1n) is 5.11. The summed E-state index contributed by atoms with van der Waals surface area (Å²) in [5.74, 6) is -3.90. The molecule has 0 saturated heterocycles. The predicted octanol–water partition coefficient (Wildman–Crippen LogP) is 4.17. The molecule has 0 aliphatic rings. The number of benzene rings is 1. The van der Waals surface area contributed by atoms with E-state index < -0.39 is 23.5 Å². The van der Waals surface area contributed by atoms with E-state index in [2.05, 4.69) is 15.9 Å². The molecule has 96 valence electrons. The topological polar surface area (TPSA) is 26.0 Å². The standard InChI is InChI=1S/C12H9BrF3NS/c13-7-1-2-18-11(7)5-10(17)6-3-8(14)12(16)9(15)4-6/h1-4,10H,5,17H2. The van der Waals surface area contributed by atoms with Gasteiger partial charge in [-0.25, -0.2) is 13.2 Å². The van der Waals surface area contributed by atoms with Crippen molar-refractivity contribution < 1.29 is 13.2 Å². The Morgan fingerprint density at radius 2 is 1.83 bits per heavy atom. The summed E-state index contributed by atoms with van der Waals surface area (Å²) in [4.78, 5) is 0.979. The minimum absolute atomic E-state index is 0.242. The van der Waals surface area contributed by atoms with Crippen LogP contribution in [-0.2, 0) is 6.42 Å². The van der Waals surface area contributed by atoms with Crippen molar-refractivity contribution in [3.63, 3.8) is 0 Å². The Balaban J connectivity index is 2.24. The lowest BCUT2D eigenvalue weighted by Gasteiger charge is -2.12. The van der Waals surface area contributed by atoms with Crippen LogP contribution in [0, 0.1) is 17.5 Å². The monoisotopic (exact) mass is 335 g/mol. The van der Waals surface area contributed by atoms with Crippen molar-refractivity contribution in [3.05, 3.63) is 55.9 Å². The summed E-state index contributed by atoms with van der Waals surface area (Å²) in [6.07, 6.45) is 0.433. The number of hydrogen-bond donors (Lipinski definition) is 1. The van der Waals surface area contributed by atoms with E-state index in [1.165, 1.54) is 11.3 Å². The maximum atomic E-state index is 13.1. The predicted molar refractivity (Wildman–Crippen MR) is 69.0 cm³/mol. The van der Waals surface area contributed by atoms with Crippen molar-refractivity contribution >= 4 is 27.3 Å². The van der Waals surface area contributed by atoms with Crippen LogP contribution in [-0.4, -0.2) is 0 Å². The van der Waals surface area contributed by atoms with E-state index in [-0.39, 0.29) is 5.56 Å². The van der Waals surface area contributed by atoms with Crippen molar-refractivity contribution in [1.82, 2.24) is 0 Å². The number of nitrogens with two attached hydrogens (primary N) is 1. The first kappa shape index (κ1) is 13.6. The van der Waals surface area contributed by atoms with Gasteiger partial charge < -0.3 is 5.73 Å². The van der Waals surface area contributed by atoms with Crippen molar-refractivity contribution in [3.8, 4) is 0 Å². The molecule has 1 unspecified atom stereocenters. The first-order valence-corrected chi connectivity index (χ1v) is 6.78. The SMILES string of the molecule is NC(Cc1sccc1Br)c1cc(F)c(F)c(F)c1. The van der Waals surface area contributed by atoms with Gasteiger partial charge in [0.1, 0.15) is 0 Å². The average molecular weight is 336 g/mol. The van der Waals surface area contributed by atoms with E-state index in [1.54, 1.807) is 0 Å². The third-order valence-corrected chi connectivity index (χ3v) is 4.48. The lowest BCUT2D eigenvalue weighted by atomic mass is 10.0. The number of halogens is 4. The zero-order chi connectivity index (χ0) is 13.3. The number of rotatable bonds is 3. The van der Waals surface area contributed by atoms with Gasteiger partial charge in [-0.2, -0.15) is 0 Å².